The molecule has 0 rings (SSSR count). The molecule has 0 aliphatic rings. The van der Waals surface area contributed by atoms with Crippen molar-refractivity contribution >= 4 is 17.9 Å². The third kappa shape index (κ3) is 55.4. The molecule has 0 aromatic heterocycles. The molecule has 0 N–H and O–H groups in total. The van der Waals surface area contributed by atoms with Gasteiger partial charge in [-0.15, -0.1) is 0 Å². The maximum atomic E-state index is 12.8. The summed E-state index contributed by atoms with van der Waals surface area (Å²) in [5.41, 5.74) is 0. The quantitative estimate of drug-likeness (QED) is 0.0262. The van der Waals surface area contributed by atoms with Gasteiger partial charge in [0.2, 0.25) is 0 Å². The van der Waals surface area contributed by atoms with Crippen molar-refractivity contribution in [1.82, 2.24) is 0 Å². The van der Waals surface area contributed by atoms with E-state index >= 15 is 0 Å². The first-order valence-electron chi connectivity index (χ1n) is 29.1. The van der Waals surface area contributed by atoms with Gasteiger partial charge < -0.3 is 14.2 Å². The predicted octanol–water partition coefficient (Wildman–Crippen LogP) is 19.5. The van der Waals surface area contributed by atoms with Crippen LogP contribution in [0.2, 0.25) is 0 Å². The molecule has 0 aromatic rings. The predicted molar refractivity (Wildman–Crippen MR) is 297 cm³/mol. The van der Waals surface area contributed by atoms with Crippen LogP contribution in [0.5, 0.6) is 0 Å². The highest BCUT2D eigenvalue weighted by Crippen LogP contribution is 2.16. The van der Waals surface area contributed by atoms with Crippen LogP contribution in [-0.4, -0.2) is 37.2 Å². The number of unbranched alkanes of at least 4 members (excludes halogenated alkanes) is 27. The van der Waals surface area contributed by atoms with Crippen molar-refractivity contribution in [3.8, 4) is 0 Å². The van der Waals surface area contributed by atoms with E-state index in [1.165, 1.54) is 141 Å². The van der Waals surface area contributed by atoms with Crippen molar-refractivity contribution in [3.63, 3.8) is 0 Å². The van der Waals surface area contributed by atoms with E-state index in [-0.39, 0.29) is 31.6 Å². The van der Waals surface area contributed by atoms with E-state index in [0.29, 0.717) is 19.3 Å². The summed E-state index contributed by atoms with van der Waals surface area (Å²) >= 11 is 0. The summed E-state index contributed by atoms with van der Waals surface area (Å²) in [6.45, 7) is 6.46. The van der Waals surface area contributed by atoms with Gasteiger partial charge in [-0.3, -0.25) is 14.4 Å². The van der Waals surface area contributed by atoms with Crippen LogP contribution in [0.4, 0.5) is 0 Å². The SMILES string of the molecule is CC/C=C\C/C=C\C/C=C\C/C=C\C/C=C\C/C=C\CCC(=O)O[C@H](COC(=O)CCCCCCC/C=C\CCCCCC)COC(=O)CCCCCCCCCCCCCCCCCCCCC. The van der Waals surface area contributed by atoms with Crippen LogP contribution < -0.4 is 0 Å². The zero-order chi connectivity index (χ0) is 50.0. The van der Waals surface area contributed by atoms with Crippen molar-refractivity contribution in [1.29, 1.82) is 0 Å². The van der Waals surface area contributed by atoms with Gasteiger partial charge in [0.05, 0.1) is 0 Å². The number of carbonyl (C=O) groups excluding carboxylic acids is 3. The fourth-order valence-electron chi connectivity index (χ4n) is 8.05. The van der Waals surface area contributed by atoms with Gasteiger partial charge in [-0.05, 0) is 83.5 Å². The summed E-state index contributed by atoms with van der Waals surface area (Å²) in [5, 5.41) is 0. The highest BCUT2D eigenvalue weighted by molar-refractivity contribution is 5.71. The number of ether oxygens (including phenoxy) is 3. The zero-order valence-electron chi connectivity index (χ0n) is 45.3. The van der Waals surface area contributed by atoms with Crippen molar-refractivity contribution < 1.29 is 28.6 Å². The number of rotatable bonds is 52. The van der Waals surface area contributed by atoms with E-state index in [1.807, 2.05) is 6.08 Å². The Balaban J connectivity index is 4.46. The van der Waals surface area contributed by atoms with Crippen molar-refractivity contribution in [2.45, 2.75) is 284 Å². The number of allylic oxidation sites excluding steroid dienone is 14. The lowest BCUT2D eigenvalue weighted by atomic mass is 10.0. The van der Waals surface area contributed by atoms with Gasteiger partial charge in [-0.25, -0.2) is 0 Å². The summed E-state index contributed by atoms with van der Waals surface area (Å²) in [4.78, 5) is 38.1. The third-order valence-corrected chi connectivity index (χ3v) is 12.4. The Labute approximate surface area is 426 Å². The maximum absolute atomic E-state index is 12.8. The lowest BCUT2D eigenvalue weighted by Crippen LogP contribution is -2.30. The van der Waals surface area contributed by atoms with Crippen molar-refractivity contribution in [2.75, 3.05) is 13.2 Å². The van der Waals surface area contributed by atoms with Crippen molar-refractivity contribution in [2.24, 2.45) is 0 Å². The molecule has 0 radical (unpaired) electrons. The van der Waals surface area contributed by atoms with Crippen LogP contribution in [0.1, 0.15) is 278 Å². The molecule has 0 spiro atoms. The Morgan fingerprint density at radius 2 is 0.594 bits per heavy atom. The van der Waals surface area contributed by atoms with Gasteiger partial charge in [-0.2, -0.15) is 0 Å². The van der Waals surface area contributed by atoms with E-state index in [4.69, 9.17) is 14.2 Å². The van der Waals surface area contributed by atoms with E-state index in [2.05, 4.69) is 99.8 Å². The fraction of sp³-hybridized carbons (Fsp3) is 0.730. The average Bonchev–Trinajstić information content (AvgIpc) is 3.35. The van der Waals surface area contributed by atoms with Gasteiger partial charge in [0, 0.05) is 19.3 Å². The number of carbonyl (C=O) groups is 3. The second kappa shape index (κ2) is 57.2. The Morgan fingerprint density at radius 3 is 0.957 bits per heavy atom. The minimum absolute atomic E-state index is 0.107. The molecule has 0 saturated carbocycles. The molecule has 0 bridgehead atoms. The molecule has 69 heavy (non-hydrogen) atoms. The Morgan fingerprint density at radius 1 is 0.304 bits per heavy atom. The molecular weight excluding hydrogens is 853 g/mol. The van der Waals surface area contributed by atoms with Crippen LogP contribution in [0.25, 0.3) is 0 Å². The van der Waals surface area contributed by atoms with E-state index in [1.54, 1.807) is 0 Å². The summed E-state index contributed by atoms with van der Waals surface area (Å²) in [5.74, 6) is -0.994. The highest BCUT2D eigenvalue weighted by Gasteiger charge is 2.19. The van der Waals surface area contributed by atoms with Gasteiger partial charge in [0.15, 0.2) is 6.10 Å². The summed E-state index contributed by atoms with van der Waals surface area (Å²) in [6.07, 6.45) is 74.5. The van der Waals surface area contributed by atoms with E-state index in [9.17, 15) is 14.4 Å². The fourth-order valence-corrected chi connectivity index (χ4v) is 8.05. The van der Waals surface area contributed by atoms with Crippen LogP contribution in [0.15, 0.2) is 85.1 Å². The topological polar surface area (TPSA) is 78.9 Å². The molecule has 6 heteroatoms. The lowest BCUT2D eigenvalue weighted by molar-refractivity contribution is -0.166. The van der Waals surface area contributed by atoms with E-state index in [0.717, 1.165) is 89.9 Å². The molecule has 0 aliphatic carbocycles. The largest absolute Gasteiger partial charge is 0.462 e. The molecule has 0 amide bonds. The van der Waals surface area contributed by atoms with Crippen molar-refractivity contribution in [3.05, 3.63) is 85.1 Å². The monoisotopic (exact) mass is 961 g/mol. The minimum atomic E-state index is -0.819. The molecule has 0 aliphatic heterocycles. The van der Waals surface area contributed by atoms with Gasteiger partial charge >= 0.3 is 17.9 Å². The average molecular weight is 962 g/mol. The van der Waals surface area contributed by atoms with Crippen LogP contribution in [0.3, 0.4) is 0 Å². The molecule has 0 fully saturated rings. The standard InChI is InChI=1S/C63H108O6/c1-4-7-10-13-16-19-22-25-27-29-31-33-35-38-41-44-47-50-53-56-62(65)68-59-60(58-67-61(64)55-52-49-46-43-40-37-24-21-18-15-12-9-6-3)69-63(66)57-54-51-48-45-42-39-36-34-32-30-28-26-23-20-17-14-11-8-5-2/h8,11,17,20-21,24,26,28,32,34,39,42,48,51,60H,4-7,9-10,12-16,18-19,22-23,25,27,29-31,33,35-38,40-41,43-47,49-50,52-59H2,1-3H3/b11-8-,20-17-,24-21-,28-26-,34-32-,42-39-,51-48-/t60-/m1/s1. The molecule has 0 unspecified atom stereocenters. The Bertz CT molecular complexity index is 1330. The summed E-state index contributed by atoms with van der Waals surface area (Å²) in [6, 6.07) is 0. The first kappa shape index (κ1) is 65.6. The Hall–Kier alpha value is -3.41. The van der Waals surface area contributed by atoms with Crippen LogP contribution in [-0.2, 0) is 28.6 Å². The van der Waals surface area contributed by atoms with Gasteiger partial charge in [0.1, 0.15) is 13.2 Å². The lowest BCUT2D eigenvalue weighted by Gasteiger charge is -2.18. The normalized spacial score (nSPS) is 12.7. The molecular formula is C63H108O6. The number of hydrogen-bond acceptors (Lipinski definition) is 6. The van der Waals surface area contributed by atoms with Gasteiger partial charge in [-0.1, -0.05) is 260 Å². The number of esters is 3. The smallest absolute Gasteiger partial charge is 0.306 e. The highest BCUT2D eigenvalue weighted by atomic mass is 16.6. The molecule has 396 valence electrons. The van der Waals surface area contributed by atoms with Crippen LogP contribution >= 0.6 is 0 Å². The second-order valence-electron chi connectivity index (χ2n) is 19.2. The van der Waals surface area contributed by atoms with Crippen LogP contribution in [0, 0.1) is 0 Å². The Kier molecular flexibility index (Phi) is 54.3. The number of hydrogen-bond donors (Lipinski definition) is 0. The molecule has 0 heterocycles. The summed E-state index contributed by atoms with van der Waals surface area (Å²) < 4.78 is 16.8. The first-order valence-corrected chi connectivity index (χ1v) is 29.1. The van der Waals surface area contributed by atoms with Gasteiger partial charge in [0.25, 0.3) is 0 Å². The maximum Gasteiger partial charge on any atom is 0.306 e. The molecule has 1 atom stereocenters. The zero-order valence-corrected chi connectivity index (χ0v) is 45.3. The molecule has 0 aromatic carbocycles. The molecule has 0 saturated heterocycles. The third-order valence-electron chi connectivity index (χ3n) is 12.4. The molecule has 6 nitrogen and oxygen atoms in total. The summed E-state index contributed by atoms with van der Waals surface area (Å²) in [7, 11) is 0. The second-order valence-corrected chi connectivity index (χ2v) is 19.2. The first-order chi connectivity index (χ1) is 34.0. The van der Waals surface area contributed by atoms with E-state index < -0.39 is 12.1 Å². The minimum Gasteiger partial charge on any atom is -0.462 e.